The monoisotopic (exact) mass is 173 g/mol. The summed E-state index contributed by atoms with van der Waals surface area (Å²) < 4.78 is 9.44. The number of hydrogen-bond acceptors (Lipinski definition) is 2. The molecule has 0 unspecified atom stereocenters. The molecule has 0 saturated carbocycles. The first-order chi connectivity index (χ1) is 3.72. The van der Waals surface area contributed by atoms with Crippen molar-refractivity contribution in [3.05, 3.63) is 0 Å². The van der Waals surface area contributed by atoms with E-state index in [1.165, 1.54) is 14.2 Å². The van der Waals surface area contributed by atoms with Gasteiger partial charge in [0.2, 0.25) is 0 Å². The third-order valence-corrected chi connectivity index (χ3v) is 2.50. The second-order valence-electron chi connectivity index (χ2n) is 1.09. The van der Waals surface area contributed by atoms with Crippen LogP contribution in [0.15, 0.2) is 0 Å². The first kappa shape index (κ1) is 8.72. The number of halogens is 2. The van der Waals surface area contributed by atoms with Crippen molar-refractivity contribution in [1.82, 2.24) is 0 Å². The number of hydrogen-bond donors (Lipinski definition) is 0. The Morgan fingerprint density at radius 3 is 1.62 bits per heavy atom. The van der Waals surface area contributed by atoms with Gasteiger partial charge < -0.3 is 9.47 Å². The van der Waals surface area contributed by atoms with Gasteiger partial charge in [0.15, 0.2) is 5.91 Å². The zero-order chi connectivity index (χ0) is 6.57. The maximum Gasteiger partial charge on any atom is 0.335 e. The highest BCUT2D eigenvalue weighted by molar-refractivity contribution is 7.34. The minimum atomic E-state index is -1.47. The van der Waals surface area contributed by atoms with E-state index in [2.05, 4.69) is 0 Å². The maximum atomic E-state index is 5.46. The van der Waals surface area contributed by atoms with Gasteiger partial charge in [0.05, 0.1) is 0 Å². The van der Waals surface area contributed by atoms with Crippen LogP contribution in [-0.4, -0.2) is 27.5 Å². The van der Waals surface area contributed by atoms with E-state index < -0.39 is 13.3 Å². The Labute approximate surface area is 59.7 Å². The molecule has 0 aliphatic heterocycles. The molecule has 0 amide bonds. The Kier molecular flexibility index (Phi) is 4.99. The molecular formula is C3H7Cl2O2Si. The van der Waals surface area contributed by atoms with Crippen LogP contribution in [0.1, 0.15) is 0 Å². The minimum absolute atomic E-state index is 0.414. The van der Waals surface area contributed by atoms with E-state index in [4.69, 9.17) is 31.6 Å². The van der Waals surface area contributed by atoms with E-state index in [1.807, 2.05) is 0 Å². The van der Waals surface area contributed by atoms with Crippen molar-refractivity contribution in [3.63, 3.8) is 0 Å². The lowest BCUT2D eigenvalue weighted by atomic mass is 11.3. The van der Waals surface area contributed by atoms with Gasteiger partial charge in [0.25, 0.3) is 0 Å². The molecule has 0 fully saturated rings. The molecule has 0 rings (SSSR count). The molecule has 0 aliphatic carbocycles. The van der Waals surface area contributed by atoms with E-state index in [-0.39, 0.29) is 0 Å². The highest BCUT2D eigenvalue weighted by Gasteiger charge is 2.18. The lowest BCUT2D eigenvalue weighted by Crippen LogP contribution is -2.24. The summed E-state index contributed by atoms with van der Waals surface area (Å²) in [6.45, 7) is 0. The van der Waals surface area contributed by atoms with Crippen LogP contribution in [0.4, 0.5) is 0 Å². The van der Waals surface area contributed by atoms with E-state index in [0.717, 1.165) is 0 Å². The molecule has 0 heterocycles. The normalized spacial score (nSPS) is 11.2. The van der Waals surface area contributed by atoms with Crippen molar-refractivity contribution in [2.45, 2.75) is 5.91 Å². The average molecular weight is 174 g/mol. The van der Waals surface area contributed by atoms with Crippen molar-refractivity contribution >= 4 is 29.6 Å². The SMILES string of the molecule is COC(OC)[Si](Cl)Cl. The first-order valence-corrected chi connectivity index (χ1v) is 5.56. The van der Waals surface area contributed by atoms with Crippen LogP contribution in [0.5, 0.6) is 0 Å². The van der Waals surface area contributed by atoms with Crippen LogP contribution in [0.25, 0.3) is 0 Å². The number of methoxy groups -OCH3 is 2. The van der Waals surface area contributed by atoms with Crippen LogP contribution in [0.2, 0.25) is 0 Å². The zero-order valence-corrected chi connectivity index (χ0v) is 7.16. The molecule has 0 aromatic carbocycles. The third kappa shape index (κ3) is 2.89. The maximum absolute atomic E-state index is 5.46. The highest BCUT2D eigenvalue weighted by atomic mass is 35.7. The van der Waals surface area contributed by atoms with Gasteiger partial charge in [-0.25, -0.2) is 0 Å². The molecule has 0 aromatic heterocycles. The average Bonchev–Trinajstić information content (AvgIpc) is 1.69. The van der Waals surface area contributed by atoms with Gasteiger partial charge >= 0.3 is 7.42 Å². The number of ether oxygens (including phenoxy) is 2. The van der Waals surface area contributed by atoms with Crippen molar-refractivity contribution < 1.29 is 9.47 Å². The van der Waals surface area contributed by atoms with Crippen LogP contribution in [-0.2, 0) is 9.47 Å². The molecule has 0 aromatic rings. The molecule has 0 atom stereocenters. The summed E-state index contributed by atoms with van der Waals surface area (Å²) in [5, 5.41) is 0. The Hall–Kier alpha value is 0.717. The van der Waals surface area contributed by atoms with E-state index >= 15 is 0 Å². The van der Waals surface area contributed by atoms with Crippen LogP contribution in [0.3, 0.4) is 0 Å². The highest BCUT2D eigenvalue weighted by Crippen LogP contribution is 2.05. The van der Waals surface area contributed by atoms with Gasteiger partial charge in [-0.3, -0.25) is 0 Å². The summed E-state index contributed by atoms with van der Waals surface area (Å²) in [5.41, 5.74) is 0. The second kappa shape index (κ2) is 4.58. The standard InChI is InChI=1S/C3H7Cl2O2Si/c1-6-3(7-2)8(4)5/h3H,1-2H3. The van der Waals surface area contributed by atoms with Crippen molar-refractivity contribution in [2.75, 3.05) is 14.2 Å². The van der Waals surface area contributed by atoms with E-state index in [9.17, 15) is 0 Å². The van der Waals surface area contributed by atoms with Gasteiger partial charge in [-0.05, 0) is 0 Å². The fourth-order valence-corrected chi connectivity index (χ4v) is 1.70. The zero-order valence-electron chi connectivity index (χ0n) is 4.65. The van der Waals surface area contributed by atoms with Crippen LogP contribution < -0.4 is 0 Å². The lowest BCUT2D eigenvalue weighted by Gasteiger charge is -2.10. The largest absolute Gasteiger partial charge is 0.357 e. The molecule has 1 radical (unpaired) electrons. The van der Waals surface area contributed by atoms with Gasteiger partial charge in [0.1, 0.15) is 0 Å². The molecule has 0 spiro atoms. The smallest absolute Gasteiger partial charge is 0.335 e. The summed E-state index contributed by atoms with van der Waals surface area (Å²) >= 11 is 10.9. The Bertz CT molecular complexity index is 57.2. The van der Waals surface area contributed by atoms with Crippen LogP contribution >= 0.6 is 22.2 Å². The van der Waals surface area contributed by atoms with E-state index in [0.29, 0.717) is 0 Å². The Balaban J connectivity index is 3.35. The summed E-state index contributed by atoms with van der Waals surface area (Å²) in [6.07, 6.45) is 0. The lowest BCUT2D eigenvalue weighted by molar-refractivity contribution is -0.0433. The summed E-state index contributed by atoms with van der Waals surface area (Å²) in [5.74, 6) is -0.414. The second-order valence-corrected chi connectivity index (χ2v) is 5.17. The van der Waals surface area contributed by atoms with Crippen LogP contribution in [0, 0.1) is 0 Å². The molecule has 49 valence electrons. The molecule has 0 aliphatic rings. The molecule has 2 nitrogen and oxygen atoms in total. The van der Waals surface area contributed by atoms with Gasteiger partial charge in [-0.15, -0.1) is 22.2 Å². The predicted molar refractivity (Wildman–Crippen MR) is 35.3 cm³/mol. The number of rotatable bonds is 3. The summed E-state index contributed by atoms with van der Waals surface area (Å²) in [7, 11) is 1.53. The molecule has 8 heavy (non-hydrogen) atoms. The summed E-state index contributed by atoms with van der Waals surface area (Å²) in [6, 6.07) is 0. The van der Waals surface area contributed by atoms with Gasteiger partial charge in [0, 0.05) is 14.2 Å². The molecular weight excluding hydrogens is 167 g/mol. The van der Waals surface area contributed by atoms with Crippen molar-refractivity contribution in [1.29, 1.82) is 0 Å². The molecule has 5 heteroatoms. The summed E-state index contributed by atoms with van der Waals surface area (Å²) in [4.78, 5) is 0. The topological polar surface area (TPSA) is 18.5 Å². The quantitative estimate of drug-likeness (QED) is 0.362. The first-order valence-electron chi connectivity index (χ1n) is 1.95. The third-order valence-electron chi connectivity index (χ3n) is 0.606. The molecule has 0 saturated heterocycles. The Morgan fingerprint density at radius 2 is 1.62 bits per heavy atom. The van der Waals surface area contributed by atoms with Crippen molar-refractivity contribution in [2.24, 2.45) is 0 Å². The fourth-order valence-electron chi connectivity index (χ4n) is 0.274. The molecule has 0 bridgehead atoms. The van der Waals surface area contributed by atoms with Crippen molar-refractivity contribution in [3.8, 4) is 0 Å². The fraction of sp³-hybridized carbons (Fsp3) is 1.00. The Morgan fingerprint density at radius 1 is 1.25 bits per heavy atom. The predicted octanol–water partition coefficient (Wildman–Crippen LogP) is 1.11. The minimum Gasteiger partial charge on any atom is -0.357 e. The molecule has 0 N–H and O–H groups in total. The van der Waals surface area contributed by atoms with Gasteiger partial charge in [-0.1, -0.05) is 0 Å². The van der Waals surface area contributed by atoms with Gasteiger partial charge in [-0.2, -0.15) is 0 Å². The van der Waals surface area contributed by atoms with E-state index in [1.54, 1.807) is 0 Å².